The van der Waals surface area contributed by atoms with Crippen molar-refractivity contribution < 1.29 is 13.2 Å². The highest BCUT2D eigenvalue weighted by molar-refractivity contribution is 6.14. The summed E-state index contributed by atoms with van der Waals surface area (Å²) in [6.07, 6.45) is -4.69. The molecule has 0 fully saturated rings. The van der Waals surface area contributed by atoms with E-state index < -0.39 is 11.7 Å². The minimum Gasteiger partial charge on any atom is -0.309 e. The molecule has 0 unspecified atom stereocenters. The Morgan fingerprint density at radius 3 is 0.961 bits per heavy atom. The fourth-order valence-electron chi connectivity index (χ4n) is 12.1. The Labute approximate surface area is 441 Å². The highest BCUT2D eigenvalue weighted by atomic mass is 19.4. The average Bonchev–Trinajstić information content (AvgIpc) is 3.93. The summed E-state index contributed by atoms with van der Waals surface area (Å²) in [7, 11) is 0. The summed E-state index contributed by atoms with van der Waals surface area (Å²) in [4.78, 5) is 0. The van der Waals surface area contributed by atoms with Crippen molar-refractivity contribution in [3.63, 3.8) is 0 Å². The lowest BCUT2D eigenvalue weighted by Gasteiger charge is -2.21. The molecule has 0 saturated heterocycles. The van der Waals surface area contributed by atoms with Crippen molar-refractivity contribution >= 4 is 43.6 Å². The Morgan fingerprint density at radius 2 is 0.645 bits per heavy atom. The van der Waals surface area contributed by atoms with Crippen LogP contribution in [0.1, 0.15) is 55.6 Å². The molecule has 2 heterocycles. The van der Waals surface area contributed by atoms with Crippen LogP contribution in [-0.2, 0) is 6.18 Å². The van der Waals surface area contributed by atoms with Crippen LogP contribution in [0.4, 0.5) is 13.2 Å². The Hall–Kier alpha value is -8.92. The van der Waals surface area contributed by atoms with Gasteiger partial charge in [-0.05, 0) is 172 Å². The molecule has 0 atom stereocenters. The van der Waals surface area contributed by atoms with Crippen molar-refractivity contribution in [1.82, 2.24) is 9.13 Å². The molecule has 12 aromatic rings. The van der Waals surface area contributed by atoms with Gasteiger partial charge in [-0.1, -0.05) is 160 Å². The molecular weight excluding hydrogens is 940 g/mol. The van der Waals surface area contributed by atoms with Crippen LogP contribution in [0.3, 0.4) is 0 Å². The lowest BCUT2D eigenvalue weighted by molar-refractivity contribution is -0.137. The molecule has 76 heavy (non-hydrogen) atoms. The third-order valence-corrected chi connectivity index (χ3v) is 15.0. The molecule has 0 saturated carbocycles. The van der Waals surface area contributed by atoms with Crippen LogP contribution < -0.4 is 0 Å². The normalized spacial score (nSPS) is 11.9. The molecule has 0 aliphatic heterocycles. The standard InChI is InChI=1S/C70H54F3N3/c1-40-21-41(2)26-52(25-40)48-13-17-64-58(33-48)59-34-49(53-27-42(3)22-43(4)28-53)14-18-65(59)75(64)68-38-62(57-11-9-10-12-63(57)70(71,72)73)69(37-56(68)39-74)76-66-19-15-50(54-29-44(5)23-45(6)30-54)35-60(66)61-36-51(16-20-67(61)76)55-31-46(7)24-47(8)32-55/h9-38H,1-8H3. The second-order valence-corrected chi connectivity index (χ2v) is 21.1. The Balaban J connectivity index is 1.18. The van der Waals surface area contributed by atoms with E-state index in [0.717, 1.165) is 139 Å². The lowest BCUT2D eigenvalue weighted by atomic mass is 9.95. The van der Waals surface area contributed by atoms with Gasteiger partial charge in [0.1, 0.15) is 6.07 Å². The zero-order valence-electron chi connectivity index (χ0n) is 43.8. The zero-order chi connectivity index (χ0) is 52.9. The van der Waals surface area contributed by atoms with E-state index in [1.165, 1.54) is 6.07 Å². The van der Waals surface area contributed by atoms with E-state index in [9.17, 15) is 5.26 Å². The first kappa shape index (κ1) is 48.0. The summed E-state index contributed by atoms with van der Waals surface area (Å²) in [5.41, 5.74) is 21.8. The maximum absolute atomic E-state index is 15.6. The molecule has 0 amide bonds. The molecule has 370 valence electrons. The van der Waals surface area contributed by atoms with Crippen LogP contribution in [0, 0.1) is 66.7 Å². The number of benzene rings is 10. The Morgan fingerprint density at radius 1 is 0.329 bits per heavy atom. The van der Waals surface area contributed by atoms with E-state index in [4.69, 9.17) is 0 Å². The lowest BCUT2D eigenvalue weighted by Crippen LogP contribution is -2.09. The summed E-state index contributed by atoms with van der Waals surface area (Å²) in [5, 5.41) is 15.3. The number of rotatable bonds is 7. The predicted octanol–water partition coefficient (Wildman–Crippen LogP) is 19.6. The summed E-state index contributed by atoms with van der Waals surface area (Å²) < 4.78 is 50.8. The molecular formula is C70H54F3N3. The van der Waals surface area contributed by atoms with Crippen molar-refractivity contribution in [2.75, 3.05) is 0 Å². The minimum atomic E-state index is -4.69. The largest absolute Gasteiger partial charge is 0.417 e. The molecule has 0 N–H and O–H groups in total. The van der Waals surface area contributed by atoms with Crippen LogP contribution in [0.15, 0.2) is 182 Å². The van der Waals surface area contributed by atoms with Gasteiger partial charge < -0.3 is 9.13 Å². The van der Waals surface area contributed by atoms with Crippen molar-refractivity contribution in [2.24, 2.45) is 0 Å². The summed E-state index contributed by atoms with van der Waals surface area (Å²) in [6.45, 7) is 16.8. The third-order valence-electron chi connectivity index (χ3n) is 15.0. The van der Waals surface area contributed by atoms with E-state index in [1.54, 1.807) is 18.2 Å². The van der Waals surface area contributed by atoms with Crippen LogP contribution in [0.2, 0.25) is 0 Å². The Bertz CT molecular complexity index is 4140. The first-order chi connectivity index (χ1) is 36.5. The summed E-state index contributed by atoms with van der Waals surface area (Å²) >= 11 is 0. The van der Waals surface area contributed by atoms with Gasteiger partial charge in [-0.15, -0.1) is 0 Å². The third kappa shape index (κ3) is 8.43. The summed E-state index contributed by atoms with van der Waals surface area (Å²) in [6, 6.07) is 63.7. The molecule has 6 heteroatoms. The number of aromatic nitrogens is 2. The molecule has 12 rings (SSSR count). The second-order valence-electron chi connectivity index (χ2n) is 21.1. The number of nitrogens with zero attached hydrogens (tertiary/aromatic N) is 3. The maximum Gasteiger partial charge on any atom is 0.417 e. The van der Waals surface area contributed by atoms with Gasteiger partial charge >= 0.3 is 6.18 Å². The highest BCUT2D eigenvalue weighted by Crippen LogP contribution is 2.46. The van der Waals surface area contributed by atoms with E-state index >= 15 is 13.2 Å². The minimum absolute atomic E-state index is 0.0134. The van der Waals surface area contributed by atoms with Crippen molar-refractivity contribution in [3.8, 4) is 73.1 Å². The molecule has 0 radical (unpaired) electrons. The first-order valence-electron chi connectivity index (χ1n) is 25.7. The number of hydrogen-bond acceptors (Lipinski definition) is 1. The average molecular weight is 994 g/mol. The molecule has 0 aliphatic rings. The summed E-state index contributed by atoms with van der Waals surface area (Å²) in [5.74, 6) is 0. The van der Waals surface area contributed by atoms with Gasteiger partial charge in [-0.2, -0.15) is 18.4 Å². The monoisotopic (exact) mass is 993 g/mol. The SMILES string of the molecule is Cc1cc(C)cc(-c2ccc3c(c2)c2cc(-c4cc(C)cc(C)c4)ccc2n3-c2cc(-c3ccccc3C(F)(F)F)c(-n3c4ccc(-c5cc(C)cc(C)c5)cc4c4cc(-c5cc(C)cc(C)c5)ccc43)cc2C#N)c1. The number of hydrogen-bond donors (Lipinski definition) is 0. The number of alkyl halides is 3. The van der Waals surface area contributed by atoms with Gasteiger partial charge in [0.05, 0.1) is 44.6 Å². The van der Waals surface area contributed by atoms with Gasteiger partial charge in [0.25, 0.3) is 0 Å². The number of fused-ring (bicyclic) bond motifs is 6. The quantitative estimate of drug-likeness (QED) is 0.157. The smallest absolute Gasteiger partial charge is 0.309 e. The van der Waals surface area contributed by atoms with Crippen molar-refractivity contribution in [2.45, 2.75) is 61.6 Å². The van der Waals surface area contributed by atoms with Crippen molar-refractivity contribution in [3.05, 3.63) is 238 Å². The molecule has 0 spiro atoms. The van der Waals surface area contributed by atoms with Gasteiger partial charge in [0, 0.05) is 27.1 Å². The van der Waals surface area contributed by atoms with E-state index in [-0.39, 0.29) is 5.56 Å². The highest BCUT2D eigenvalue weighted by Gasteiger charge is 2.35. The second kappa shape index (κ2) is 18.2. The maximum atomic E-state index is 15.6. The number of aryl methyl sites for hydroxylation is 8. The van der Waals surface area contributed by atoms with Crippen molar-refractivity contribution in [1.29, 1.82) is 5.26 Å². The van der Waals surface area contributed by atoms with Crippen LogP contribution in [-0.4, -0.2) is 9.13 Å². The first-order valence-corrected chi connectivity index (χ1v) is 25.7. The fourth-order valence-corrected chi connectivity index (χ4v) is 12.1. The van der Waals surface area contributed by atoms with E-state index in [0.29, 0.717) is 22.5 Å². The van der Waals surface area contributed by atoms with Crippen LogP contribution >= 0.6 is 0 Å². The van der Waals surface area contributed by atoms with Gasteiger partial charge in [-0.25, -0.2) is 0 Å². The predicted molar refractivity (Wildman–Crippen MR) is 310 cm³/mol. The molecule has 0 aliphatic carbocycles. The van der Waals surface area contributed by atoms with Crippen LogP contribution in [0.5, 0.6) is 0 Å². The molecule has 0 bridgehead atoms. The topological polar surface area (TPSA) is 33.6 Å². The van der Waals surface area contributed by atoms with Gasteiger partial charge in [-0.3, -0.25) is 0 Å². The fraction of sp³-hybridized carbons (Fsp3) is 0.129. The molecule has 10 aromatic carbocycles. The Kier molecular flexibility index (Phi) is 11.5. The van der Waals surface area contributed by atoms with Gasteiger partial charge in [0.15, 0.2) is 0 Å². The van der Waals surface area contributed by atoms with E-state index in [1.807, 2.05) is 6.07 Å². The molecule has 3 nitrogen and oxygen atoms in total. The number of halogens is 3. The van der Waals surface area contributed by atoms with E-state index in [2.05, 4.69) is 216 Å². The molecule has 2 aromatic heterocycles. The van der Waals surface area contributed by atoms with Gasteiger partial charge in [0.2, 0.25) is 0 Å². The van der Waals surface area contributed by atoms with Crippen LogP contribution in [0.25, 0.3) is 111 Å². The zero-order valence-corrected chi connectivity index (χ0v) is 43.8. The number of nitriles is 1.